The van der Waals surface area contributed by atoms with E-state index in [4.69, 9.17) is 4.74 Å². The number of benzene rings is 2. The van der Waals surface area contributed by atoms with Crippen LogP contribution in [0.5, 0.6) is 5.75 Å². The maximum absolute atomic E-state index is 14.2. The van der Waals surface area contributed by atoms with Crippen LogP contribution in [0.15, 0.2) is 42.7 Å². The van der Waals surface area contributed by atoms with E-state index in [9.17, 15) is 17.6 Å². The zero-order valence-corrected chi connectivity index (χ0v) is 12.5. The summed E-state index contributed by atoms with van der Waals surface area (Å²) in [5, 5.41) is 0. The Morgan fingerprint density at radius 1 is 0.739 bits per heavy atom. The van der Waals surface area contributed by atoms with E-state index in [0.29, 0.717) is 0 Å². The minimum atomic E-state index is -1.30. The molecule has 0 amide bonds. The van der Waals surface area contributed by atoms with E-state index < -0.39 is 23.3 Å². The van der Waals surface area contributed by atoms with Crippen LogP contribution in [0, 0.1) is 23.3 Å². The molecule has 120 valence electrons. The third kappa shape index (κ3) is 3.28. The second kappa shape index (κ2) is 7.13. The highest BCUT2D eigenvalue weighted by atomic mass is 19.2. The average Bonchev–Trinajstić information content (AvgIpc) is 2.54. The summed E-state index contributed by atoms with van der Waals surface area (Å²) in [6, 6.07) is 4.81. The predicted octanol–water partition coefficient (Wildman–Crippen LogP) is 5.86. The maximum Gasteiger partial charge on any atom is 0.201 e. The normalized spacial score (nSPS) is 11.6. The topological polar surface area (TPSA) is 9.23 Å². The summed E-state index contributed by atoms with van der Waals surface area (Å²) in [6.07, 6.45) is 5.61. The van der Waals surface area contributed by atoms with Crippen molar-refractivity contribution in [2.45, 2.75) is 13.8 Å². The fourth-order valence-corrected chi connectivity index (χ4v) is 2.05. The summed E-state index contributed by atoms with van der Waals surface area (Å²) in [5.41, 5.74) is -0.703. The smallest absolute Gasteiger partial charge is 0.201 e. The SMILES string of the molecule is CC=COc1ccc(-c2ccc(C=CC)c(F)c2F)c(F)c1F. The van der Waals surface area contributed by atoms with E-state index in [1.54, 1.807) is 19.9 Å². The molecular formula is C18H14F4O. The van der Waals surface area contributed by atoms with Gasteiger partial charge in [0.1, 0.15) is 0 Å². The van der Waals surface area contributed by atoms with Crippen molar-refractivity contribution in [2.75, 3.05) is 0 Å². The van der Waals surface area contributed by atoms with Gasteiger partial charge in [-0.2, -0.15) is 4.39 Å². The van der Waals surface area contributed by atoms with E-state index in [1.807, 2.05) is 0 Å². The molecule has 0 aliphatic rings. The molecule has 0 aromatic heterocycles. The lowest BCUT2D eigenvalue weighted by molar-refractivity contribution is 0.415. The molecule has 0 bridgehead atoms. The molecule has 0 saturated carbocycles. The van der Waals surface area contributed by atoms with E-state index in [2.05, 4.69) is 0 Å². The fourth-order valence-electron chi connectivity index (χ4n) is 2.05. The molecule has 0 saturated heterocycles. The number of allylic oxidation sites excluding steroid dienone is 2. The molecule has 0 fully saturated rings. The minimum Gasteiger partial charge on any atom is -0.462 e. The molecule has 0 N–H and O–H groups in total. The lowest BCUT2D eigenvalue weighted by Gasteiger charge is -2.10. The van der Waals surface area contributed by atoms with Crippen LogP contribution in [0.3, 0.4) is 0 Å². The Morgan fingerprint density at radius 2 is 1.35 bits per heavy atom. The van der Waals surface area contributed by atoms with Gasteiger partial charge in [-0.3, -0.25) is 0 Å². The van der Waals surface area contributed by atoms with Gasteiger partial charge in [-0.15, -0.1) is 0 Å². The molecule has 0 radical (unpaired) electrons. The summed E-state index contributed by atoms with van der Waals surface area (Å²) < 4.78 is 61.1. The van der Waals surface area contributed by atoms with Gasteiger partial charge >= 0.3 is 0 Å². The van der Waals surface area contributed by atoms with Crippen molar-refractivity contribution in [3.63, 3.8) is 0 Å². The number of hydrogen-bond acceptors (Lipinski definition) is 1. The van der Waals surface area contributed by atoms with Crippen LogP contribution in [-0.2, 0) is 0 Å². The highest BCUT2D eigenvalue weighted by molar-refractivity contribution is 5.68. The third-order valence-corrected chi connectivity index (χ3v) is 3.13. The zero-order chi connectivity index (χ0) is 17.0. The fraction of sp³-hybridized carbons (Fsp3) is 0.111. The molecule has 2 aromatic carbocycles. The van der Waals surface area contributed by atoms with Crippen LogP contribution in [-0.4, -0.2) is 0 Å². The summed E-state index contributed by atoms with van der Waals surface area (Å²) in [5.74, 6) is -5.26. The van der Waals surface area contributed by atoms with Gasteiger partial charge in [-0.05, 0) is 26.0 Å². The highest BCUT2D eigenvalue weighted by Crippen LogP contribution is 2.33. The molecule has 2 aromatic rings. The summed E-state index contributed by atoms with van der Waals surface area (Å²) in [4.78, 5) is 0. The molecule has 1 nitrogen and oxygen atoms in total. The Morgan fingerprint density at radius 3 is 1.96 bits per heavy atom. The van der Waals surface area contributed by atoms with E-state index in [-0.39, 0.29) is 22.4 Å². The van der Waals surface area contributed by atoms with E-state index in [1.165, 1.54) is 30.5 Å². The molecule has 5 heteroatoms. The number of rotatable bonds is 4. The molecule has 0 aliphatic carbocycles. The van der Waals surface area contributed by atoms with Crippen LogP contribution in [0.2, 0.25) is 0 Å². The molecule has 0 atom stereocenters. The van der Waals surface area contributed by atoms with Gasteiger partial charge in [0.25, 0.3) is 0 Å². The Bertz CT molecular complexity index is 779. The molecule has 23 heavy (non-hydrogen) atoms. The first-order valence-corrected chi connectivity index (χ1v) is 6.88. The summed E-state index contributed by atoms with van der Waals surface area (Å²) >= 11 is 0. The van der Waals surface area contributed by atoms with Gasteiger partial charge in [0.15, 0.2) is 23.2 Å². The number of hydrogen-bond donors (Lipinski definition) is 0. The first kappa shape index (κ1) is 16.8. The van der Waals surface area contributed by atoms with Gasteiger partial charge in [-0.25, -0.2) is 13.2 Å². The first-order chi connectivity index (χ1) is 11.0. The summed E-state index contributed by atoms with van der Waals surface area (Å²) in [6.45, 7) is 3.30. The largest absolute Gasteiger partial charge is 0.462 e. The highest BCUT2D eigenvalue weighted by Gasteiger charge is 2.20. The zero-order valence-electron chi connectivity index (χ0n) is 12.5. The molecule has 0 spiro atoms. The molecule has 0 aliphatic heterocycles. The quantitative estimate of drug-likeness (QED) is 0.506. The second-order valence-electron chi connectivity index (χ2n) is 4.66. The molecular weight excluding hydrogens is 308 g/mol. The monoisotopic (exact) mass is 322 g/mol. The molecule has 2 rings (SSSR count). The van der Waals surface area contributed by atoms with E-state index in [0.717, 1.165) is 12.1 Å². The standard InChI is InChI=1S/C18H14F4O/c1-3-5-11-6-7-12(16(20)15(11)19)13-8-9-14(23-10-4-2)18(22)17(13)21/h3-10H,1-2H3. The van der Waals surface area contributed by atoms with Gasteiger partial charge in [-0.1, -0.05) is 30.4 Å². The maximum atomic E-state index is 14.2. The van der Waals surface area contributed by atoms with Crippen molar-refractivity contribution in [1.82, 2.24) is 0 Å². The summed E-state index contributed by atoms with van der Waals surface area (Å²) in [7, 11) is 0. The van der Waals surface area contributed by atoms with Crippen molar-refractivity contribution in [2.24, 2.45) is 0 Å². The van der Waals surface area contributed by atoms with Crippen molar-refractivity contribution in [3.05, 3.63) is 71.5 Å². The van der Waals surface area contributed by atoms with Crippen molar-refractivity contribution in [3.8, 4) is 16.9 Å². The Hall–Kier alpha value is -2.56. The Balaban J connectivity index is 2.55. The Labute approximate surface area is 131 Å². The van der Waals surface area contributed by atoms with Crippen LogP contribution in [0.25, 0.3) is 17.2 Å². The third-order valence-electron chi connectivity index (χ3n) is 3.13. The van der Waals surface area contributed by atoms with Crippen LogP contribution in [0.4, 0.5) is 17.6 Å². The first-order valence-electron chi connectivity index (χ1n) is 6.88. The van der Waals surface area contributed by atoms with Crippen LogP contribution >= 0.6 is 0 Å². The van der Waals surface area contributed by atoms with Gasteiger partial charge in [0.05, 0.1) is 6.26 Å². The van der Waals surface area contributed by atoms with Crippen molar-refractivity contribution < 1.29 is 22.3 Å². The van der Waals surface area contributed by atoms with Crippen LogP contribution in [0.1, 0.15) is 19.4 Å². The minimum absolute atomic E-state index is 0.0302. The van der Waals surface area contributed by atoms with Gasteiger partial charge in [0.2, 0.25) is 5.82 Å². The van der Waals surface area contributed by atoms with E-state index >= 15 is 0 Å². The lowest BCUT2D eigenvalue weighted by atomic mass is 10.0. The molecule has 0 heterocycles. The van der Waals surface area contributed by atoms with Gasteiger partial charge < -0.3 is 4.74 Å². The lowest BCUT2D eigenvalue weighted by Crippen LogP contribution is -1.98. The second-order valence-corrected chi connectivity index (χ2v) is 4.66. The predicted molar refractivity (Wildman–Crippen MR) is 81.9 cm³/mol. The van der Waals surface area contributed by atoms with Gasteiger partial charge in [0, 0.05) is 16.7 Å². The number of halogens is 4. The van der Waals surface area contributed by atoms with Crippen molar-refractivity contribution >= 4 is 6.08 Å². The number of ether oxygens (including phenoxy) is 1. The molecule has 0 unspecified atom stereocenters. The van der Waals surface area contributed by atoms with Crippen molar-refractivity contribution in [1.29, 1.82) is 0 Å². The Kier molecular flexibility index (Phi) is 5.21. The average molecular weight is 322 g/mol. The van der Waals surface area contributed by atoms with Crippen LogP contribution < -0.4 is 4.74 Å².